The summed E-state index contributed by atoms with van der Waals surface area (Å²) in [4.78, 5) is 21.7. The van der Waals surface area contributed by atoms with Gasteiger partial charge in [0.2, 0.25) is 5.96 Å². The number of para-hydroxylation sites is 2. The van der Waals surface area contributed by atoms with E-state index in [9.17, 15) is 9.18 Å². The molecule has 6 nitrogen and oxygen atoms in total. The fourth-order valence-corrected chi connectivity index (χ4v) is 3.63. The van der Waals surface area contributed by atoms with E-state index < -0.39 is 0 Å². The smallest absolute Gasteiger partial charge is 0.257 e. The third kappa shape index (κ3) is 5.06. The first-order valence-corrected chi connectivity index (χ1v) is 10.5. The van der Waals surface area contributed by atoms with E-state index in [4.69, 9.17) is 4.74 Å². The van der Waals surface area contributed by atoms with Gasteiger partial charge in [-0.05, 0) is 48.5 Å². The van der Waals surface area contributed by atoms with Gasteiger partial charge in [0.1, 0.15) is 11.6 Å². The van der Waals surface area contributed by atoms with Crippen LogP contribution in [0.4, 0.5) is 15.8 Å². The van der Waals surface area contributed by atoms with Crippen LogP contribution in [0.3, 0.4) is 0 Å². The molecular formula is C25H25FN4O2. The first kappa shape index (κ1) is 21.4. The van der Waals surface area contributed by atoms with Crippen LogP contribution in [0.2, 0.25) is 0 Å². The number of aliphatic imine (C=N–C) groups is 1. The van der Waals surface area contributed by atoms with E-state index in [1.54, 1.807) is 31.4 Å². The maximum atomic E-state index is 13.3. The molecule has 164 valence electrons. The molecule has 0 unspecified atom stereocenters. The van der Waals surface area contributed by atoms with E-state index in [0.29, 0.717) is 30.3 Å². The Bertz CT molecular complexity index is 1080. The van der Waals surface area contributed by atoms with Gasteiger partial charge in [-0.3, -0.25) is 10.1 Å². The summed E-state index contributed by atoms with van der Waals surface area (Å²) < 4.78 is 18.8. The zero-order valence-corrected chi connectivity index (χ0v) is 17.9. The number of hydrogen-bond acceptors (Lipinski definition) is 4. The van der Waals surface area contributed by atoms with Crippen molar-refractivity contribution in [1.82, 2.24) is 10.2 Å². The molecule has 4 rings (SSSR count). The standard InChI is InChI=1S/C25H25FN4O2/c1-32-23-10-6-5-9-22(23)29-15-17-30(18-16-29)25(27-21-13-11-20(26)12-14-21)28-24(31)19-7-3-2-4-8-19/h2-14H,15-18H2,1H3,(H,27,28,31). The Morgan fingerprint density at radius 3 is 2.25 bits per heavy atom. The van der Waals surface area contributed by atoms with Crippen LogP contribution < -0.4 is 15.0 Å². The molecule has 0 bridgehead atoms. The Kier molecular flexibility index (Phi) is 6.65. The number of ether oxygens (including phenoxy) is 1. The van der Waals surface area contributed by atoms with Crippen LogP contribution in [0.5, 0.6) is 5.75 Å². The molecule has 32 heavy (non-hydrogen) atoms. The molecule has 0 aromatic heterocycles. The lowest BCUT2D eigenvalue weighted by Crippen LogP contribution is -2.53. The second-order valence-electron chi connectivity index (χ2n) is 7.38. The lowest BCUT2D eigenvalue weighted by atomic mass is 10.2. The first-order valence-electron chi connectivity index (χ1n) is 10.5. The second-order valence-corrected chi connectivity index (χ2v) is 7.38. The summed E-state index contributed by atoms with van der Waals surface area (Å²) in [6, 6.07) is 22.8. The fourth-order valence-electron chi connectivity index (χ4n) is 3.63. The molecule has 1 N–H and O–H groups in total. The van der Waals surface area contributed by atoms with E-state index in [1.807, 2.05) is 47.4 Å². The molecule has 0 spiro atoms. The highest BCUT2D eigenvalue weighted by atomic mass is 19.1. The number of halogens is 1. The molecule has 7 heteroatoms. The number of methoxy groups -OCH3 is 1. The van der Waals surface area contributed by atoms with Crippen LogP contribution in [0.25, 0.3) is 0 Å². The molecule has 0 saturated carbocycles. The number of hydrogen-bond donors (Lipinski definition) is 1. The van der Waals surface area contributed by atoms with Crippen LogP contribution in [-0.2, 0) is 0 Å². The van der Waals surface area contributed by atoms with Crippen molar-refractivity contribution in [2.75, 3.05) is 38.2 Å². The van der Waals surface area contributed by atoms with Crippen molar-refractivity contribution in [1.29, 1.82) is 0 Å². The summed E-state index contributed by atoms with van der Waals surface area (Å²) in [5.74, 6) is 0.714. The monoisotopic (exact) mass is 432 g/mol. The number of carbonyl (C=O) groups is 1. The lowest BCUT2D eigenvalue weighted by molar-refractivity contribution is 0.0971. The van der Waals surface area contributed by atoms with Gasteiger partial charge in [-0.2, -0.15) is 0 Å². The zero-order valence-electron chi connectivity index (χ0n) is 17.9. The van der Waals surface area contributed by atoms with E-state index in [1.165, 1.54) is 12.1 Å². The minimum absolute atomic E-state index is 0.237. The first-order chi connectivity index (χ1) is 15.6. The van der Waals surface area contributed by atoms with Gasteiger partial charge >= 0.3 is 0 Å². The maximum absolute atomic E-state index is 13.3. The van der Waals surface area contributed by atoms with Gasteiger partial charge < -0.3 is 14.5 Å². The number of piperazine rings is 1. The highest BCUT2D eigenvalue weighted by Crippen LogP contribution is 2.28. The Labute approximate surface area is 186 Å². The highest BCUT2D eigenvalue weighted by Gasteiger charge is 2.23. The van der Waals surface area contributed by atoms with E-state index >= 15 is 0 Å². The van der Waals surface area contributed by atoms with Crippen LogP contribution in [-0.4, -0.2) is 50.1 Å². The summed E-state index contributed by atoms with van der Waals surface area (Å²) in [6.45, 7) is 2.80. The molecule has 1 heterocycles. The second kappa shape index (κ2) is 9.96. The Morgan fingerprint density at radius 2 is 1.56 bits per heavy atom. The van der Waals surface area contributed by atoms with Gasteiger partial charge in [-0.15, -0.1) is 0 Å². The zero-order chi connectivity index (χ0) is 22.3. The number of anilines is 1. The third-order valence-corrected chi connectivity index (χ3v) is 5.33. The molecule has 1 aliphatic rings. The van der Waals surface area contributed by atoms with Gasteiger partial charge in [0.15, 0.2) is 0 Å². The Hall–Kier alpha value is -3.87. The van der Waals surface area contributed by atoms with Gasteiger partial charge in [0, 0.05) is 31.7 Å². The molecule has 0 aliphatic carbocycles. The number of amides is 1. The topological polar surface area (TPSA) is 57.2 Å². The molecule has 1 saturated heterocycles. The molecule has 0 radical (unpaired) electrons. The van der Waals surface area contributed by atoms with E-state index in [2.05, 4.69) is 15.2 Å². The molecule has 0 atom stereocenters. The van der Waals surface area contributed by atoms with Crippen molar-refractivity contribution in [3.8, 4) is 5.75 Å². The van der Waals surface area contributed by atoms with Gasteiger partial charge in [0.25, 0.3) is 5.91 Å². The molecule has 1 fully saturated rings. The number of carbonyl (C=O) groups excluding carboxylic acids is 1. The van der Waals surface area contributed by atoms with Crippen LogP contribution in [0.15, 0.2) is 83.9 Å². The van der Waals surface area contributed by atoms with Gasteiger partial charge in [0.05, 0.1) is 18.5 Å². The van der Waals surface area contributed by atoms with Crippen molar-refractivity contribution < 1.29 is 13.9 Å². The SMILES string of the molecule is COc1ccccc1N1CCN(C(=Nc2ccc(F)cc2)NC(=O)c2ccccc2)CC1. The van der Waals surface area contributed by atoms with Crippen molar-refractivity contribution in [3.63, 3.8) is 0 Å². The van der Waals surface area contributed by atoms with Crippen molar-refractivity contribution >= 4 is 23.2 Å². The molecular weight excluding hydrogens is 407 g/mol. The van der Waals surface area contributed by atoms with Crippen molar-refractivity contribution in [3.05, 3.63) is 90.2 Å². The summed E-state index contributed by atoms with van der Waals surface area (Å²) in [7, 11) is 1.67. The summed E-state index contributed by atoms with van der Waals surface area (Å²) in [5.41, 5.74) is 2.16. The van der Waals surface area contributed by atoms with Crippen molar-refractivity contribution in [2.45, 2.75) is 0 Å². The van der Waals surface area contributed by atoms with E-state index in [0.717, 1.165) is 24.5 Å². The Morgan fingerprint density at radius 1 is 0.906 bits per heavy atom. The van der Waals surface area contributed by atoms with Crippen LogP contribution >= 0.6 is 0 Å². The molecule has 3 aromatic rings. The maximum Gasteiger partial charge on any atom is 0.257 e. The average molecular weight is 432 g/mol. The fraction of sp³-hybridized carbons (Fsp3) is 0.200. The predicted molar refractivity (Wildman–Crippen MR) is 124 cm³/mol. The van der Waals surface area contributed by atoms with Crippen LogP contribution in [0, 0.1) is 5.82 Å². The molecule has 1 aliphatic heterocycles. The summed E-state index contributed by atoms with van der Waals surface area (Å²) in [5, 5.41) is 2.94. The minimum Gasteiger partial charge on any atom is -0.495 e. The molecule has 1 amide bonds. The van der Waals surface area contributed by atoms with Crippen molar-refractivity contribution in [2.24, 2.45) is 4.99 Å². The number of nitrogens with one attached hydrogen (secondary N) is 1. The third-order valence-electron chi connectivity index (χ3n) is 5.33. The largest absolute Gasteiger partial charge is 0.495 e. The van der Waals surface area contributed by atoms with Gasteiger partial charge in [-0.1, -0.05) is 30.3 Å². The van der Waals surface area contributed by atoms with Gasteiger partial charge in [-0.25, -0.2) is 9.38 Å². The number of rotatable bonds is 4. The number of guanidine groups is 1. The highest BCUT2D eigenvalue weighted by molar-refractivity contribution is 6.06. The number of nitrogens with zero attached hydrogens (tertiary/aromatic N) is 3. The average Bonchev–Trinajstić information content (AvgIpc) is 2.85. The van der Waals surface area contributed by atoms with E-state index in [-0.39, 0.29) is 11.7 Å². The quantitative estimate of drug-likeness (QED) is 0.499. The summed E-state index contributed by atoms with van der Waals surface area (Å²) in [6.07, 6.45) is 0. The predicted octanol–water partition coefficient (Wildman–Crippen LogP) is 4.07. The normalized spacial score (nSPS) is 14.2. The Balaban J connectivity index is 1.54. The number of benzene rings is 3. The summed E-state index contributed by atoms with van der Waals surface area (Å²) >= 11 is 0. The molecule has 3 aromatic carbocycles. The van der Waals surface area contributed by atoms with Crippen LogP contribution in [0.1, 0.15) is 10.4 Å². The lowest BCUT2D eigenvalue weighted by Gasteiger charge is -2.38. The minimum atomic E-state index is -0.329.